The molecule has 0 spiro atoms. The molecule has 4 rings (SSSR count). The van der Waals surface area contributed by atoms with Crippen molar-refractivity contribution in [2.75, 3.05) is 0 Å². The molecule has 2 heterocycles. The van der Waals surface area contributed by atoms with E-state index in [0.717, 1.165) is 38.7 Å². The molecule has 2 aromatic heterocycles. The van der Waals surface area contributed by atoms with Gasteiger partial charge in [0.05, 0.1) is 5.69 Å². The minimum Gasteiger partial charge on any atom is -0.486 e. The van der Waals surface area contributed by atoms with Crippen molar-refractivity contribution in [3.05, 3.63) is 76.0 Å². The van der Waals surface area contributed by atoms with Gasteiger partial charge in [-0.3, -0.25) is 0 Å². The summed E-state index contributed by atoms with van der Waals surface area (Å²) >= 11 is 9.18. The first-order valence-corrected chi connectivity index (χ1v) is 11.2. The lowest BCUT2D eigenvalue weighted by atomic mass is 10.2. The minimum absolute atomic E-state index is 0.347. The van der Waals surface area contributed by atoms with Gasteiger partial charge in [0.25, 0.3) is 0 Å². The number of thioether (sulfide) groups is 1. The molecule has 2 aromatic carbocycles. The number of benzene rings is 2. The zero-order valence-corrected chi connectivity index (χ0v) is 18.4. The molecule has 0 saturated carbocycles. The third-order valence-electron chi connectivity index (χ3n) is 4.31. The highest BCUT2D eigenvalue weighted by molar-refractivity contribution is 7.98. The van der Waals surface area contributed by atoms with Crippen molar-refractivity contribution < 1.29 is 4.74 Å². The second-order valence-electron chi connectivity index (χ2n) is 6.50. The number of rotatable bonds is 7. The average molecular weight is 443 g/mol. The summed E-state index contributed by atoms with van der Waals surface area (Å²) in [7, 11) is 1.95. The summed E-state index contributed by atoms with van der Waals surface area (Å²) in [6.45, 7) is 2.43. The molecule has 5 nitrogen and oxygen atoms in total. The standard InChI is InChI=1S/C21H19ClN4OS2/c1-14-3-5-15(6-4-14)20-23-17(12-28-20)13-29-21-25-24-19(26(21)2)11-27-18-9-7-16(22)8-10-18/h3-10,12H,11,13H2,1-2H3. The number of aromatic nitrogens is 4. The Balaban J connectivity index is 1.35. The van der Waals surface area contributed by atoms with E-state index in [1.807, 2.05) is 23.7 Å². The summed E-state index contributed by atoms with van der Waals surface area (Å²) in [5.74, 6) is 2.26. The fourth-order valence-corrected chi connectivity index (χ4v) is 4.50. The van der Waals surface area contributed by atoms with E-state index in [2.05, 4.69) is 46.8 Å². The maximum Gasteiger partial charge on any atom is 0.191 e. The number of ether oxygens (including phenoxy) is 1. The Bertz CT molecular complexity index is 1090. The molecule has 0 aliphatic heterocycles. The lowest BCUT2D eigenvalue weighted by molar-refractivity contribution is 0.290. The Hall–Kier alpha value is -2.35. The largest absolute Gasteiger partial charge is 0.486 e. The fourth-order valence-electron chi connectivity index (χ4n) is 2.62. The predicted molar refractivity (Wildman–Crippen MR) is 119 cm³/mol. The van der Waals surface area contributed by atoms with Crippen molar-refractivity contribution in [2.24, 2.45) is 7.05 Å². The molecule has 0 unspecified atom stereocenters. The molecule has 8 heteroatoms. The molecule has 0 N–H and O–H groups in total. The van der Waals surface area contributed by atoms with Gasteiger partial charge in [0.15, 0.2) is 11.0 Å². The van der Waals surface area contributed by atoms with Crippen LogP contribution in [0.1, 0.15) is 17.1 Å². The second-order valence-corrected chi connectivity index (χ2v) is 8.74. The van der Waals surface area contributed by atoms with Gasteiger partial charge in [-0.25, -0.2) is 4.98 Å². The molecule has 0 bridgehead atoms. The van der Waals surface area contributed by atoms with Crippen molar-refractivity contribution in [2.45, 2.75) is 24.4 Å². The van der Waals surface area contributed by atoms with Crippen LogP contribution in [0.25, 0.3) is 10.6 Å². The molecular weight excluding hydrogens is 424 g/mol. The summed E-state index contributed by atoms with van der Waals surface area (Å²) in [5.41, 5.74) is 3.44. The minimum atomic E-state index is 0.347. The predicted octanol–water partition coefficient (Wildman–Crippen LogP) is 5.77. The van der Waals surface area contributed by atoms with E-state index in [1.54, 1.807) is 35.2 Å². The summed E-state index contributed by atoms with van der Waals surface area (Å²) in [6, 6.07) is 15.7. The second kappa shape index (κ2) is 8.98. The molecule has 148 valence electrons. The smallest absolute Gasteiger partial charge is 0.191 e. The van der Waals surface area contributed by atoms with E-state index >= 15 is 0 Å². The number of aryl methyl sites for hydroxylation is 1. The van der Waals surface area contributed by atoms with E-state index in [-0.39, 0.29) is 0 Å². The van der Waals surface area contributed by atoms with Crippen molar-refractivity contribution in [3.63, 3.8) is 0 Å². The molecule has 0 fully saturated rings. The molecule has 0 aliphatic carbocycles. The first kappa shape index (κ1) is 19.9. The normalized spacial score (nSPS) is 11.0. The van der Waals surface area contributed by atoms with Crippen LogP contribution < -0.4 is 4.74 Å². The van der Waals surface area contributed by atoms with Crippen LogP contribution in [0.15, 0.2) is 59.1 Å². The van der Waals surface area contributed by atoms with Gasteiger partial charge in [-0.15, -0.1) is 21.5 Å². The van der Waals surface area contributed by atoms with Crippen molar-refractivity contribution in [3.8, 4) is 16.3 Å². The molecule has 0 aliphatic rings. The van der Waals surface area contributed by atoms with Crippen LogP contribution in [-0.2, 0) is 19.4 Å². The van der Waals surface area contributed by atoms with Crippen LogP contribution in [0.5, 0.6) is 5.75 Å². The van der Waals surface area contributed by atoms with E-state index in [0.29, 0.717) is 11.6 Å². The number of nitrogens with zero attached hydrogens (tertiary/aromatic N) is 4. The maximum absolute atomic E-state index is 5.90. The monoisotopic (exact) mass is 442 g/mol. The molecule has 4 aromatic rings. The summed E-state index contributed by atoms with van der Waals surface area (Å²) in [6.07, 6.45) is 0. The topological polar surface area (TPSA) is 52.8 Å². The molecule has 0 radical (unpaired) electrons. The summed E-state index contributed by atoms with van der Waals surface area (Å²) in [5, 5.41) is 13.2. The highest BCUT2D eigenvalue weighted by atomic mass is 35.5. The molecule has 0 amide bonds. The Morgan fingerprint density at radius 2 is 1.83 bits per heavy atom. The third-order valence-corrected chi connectivity index (χ3v) is 6.55. The molecule has 0 saturated heterocycles. The quantitative estimate of drug-likeness (QED) is 0.340. The first-order chi connectivity index (χ1) is 14.1. The maximum atomic E-state index is 5.90. The number of thiazole rings is 1. The Morgan fingerprint density at radius 3 is 2.59 bits per heavy atom. The van der Waals surface area contributed by atoms with Gasteiger partial charge < -0.3 is 9.30 Å². The van der Waals surface area contributed by atoms with E-state index in [4.69, 9.17) is 21.3 Å². The molecule has 0 atom stereocenters. The van der Waals surface area contributed by atoms with Gasteiger partial charge in [0.2, 0.25) is 0 Å². The lowest BCUT2D eigenvalue weighted by Gasteiger charge is -2.06. The highest BCUT2D eigenvalue weighted by Crippen LogP contribution is 2.28. The molecular formula is C21H19ClN4OS2. The van der Waals surface area contributed by atoms with Crippen LogP contribution in [-0.4, -0.2) is 19.7 Å². The molecule has 29 heavy (non-hydrogen) atoms. The van der Waals surface area contributed by atoms with E-state index in [9.17, 15) is 0 Å². The van der Waals surface area contributed by atoms with Crippen molar-refractivity contribution >= 4 is 34.7 Å². The van der Waals surface area contributed by atoms with E-state index < -0.39 is 0 Å². The van der Waals surface area contributed by atoms with Gasteiger partial charge in [-0.1, -0.05) is 53.2 Å². The van der Waals surface area contributed by atoms with Gasteiger partial charge in [-0.2, -0.15) is 0 Å². The van der Waals surface area contributed by atoms with Gasteiger partial charge in [-0.05, 0) is 31.2 Å². The van der Waals surface area contributed by atoms with Crippen LogP contribution in [0, 0.1) is 6.92 Å². The van der Waals surface area contributed by atoms with Crippen LogP contribution in [0.2, 0.25) is 5.02 Å². The average Bonchev–Trinajstić information content (AvgIpc) is 3.33. The van der Waals surface area contributed by atoms with E-state index in [1.165, 1.54) is 5.56 Å². The van der Waals surface area contributed by atoms with Gasteiger partial charge in [0.1, 0.15) is 17.4 Å². The first-order valence-electron chi connectivity index (χ1n) is 8.99. The zero-order chi connectivity index (χ0) is 20.2. The number of hydrogen-bond acceptors (Lipinski definition) is 6. The van der Waals surface area contributed by atoms with Crippen LogP contribution >= 0.6 is 34.7 Å². The Morgan fingerprint density at radius 1 is 1.07 bits per heavy atom. The summed E-state index contributed by atoms with van der Waals surface area (Å²) < 4.78 is 7.71. The Labute approximate surface area is 182 Å². The SMILES string of the molecule is Cc1ccc(-c2nc(CSc3nnc(COc4ccc(Cl)cc4)n3C)cs2)cc1. The van der Waals surface area contributed by atoms with Crippen molar-refractivity contribution in [1.29, 1.82) is 0 Å². The number of hydrogen-bond donors (Lipinski definition) is 0. The van der Waals surface area contributed by atoms with Gasteiger partial charge >= 0.3 is 0 Å². The highest BCUT2D eigenvalue weighted by Gasteiger charge is 2.12. The lowest BCUT2D eigenvalue weighted by Crippen LogP contribution is -2.04. The van der Waals surface area contributed by atoms with Crippen molar-refractivity contribution in [1.82, 2.24) is 19.7 Å². The third kappa shape index (κ3) is 4.98. The van der Waals surface area contributed by atoms with Crippen LogP contribution in [0.4, 0.5) is 0 Å². The van der Waals surface area contributed by atoms with Gasteiger partial charge in [0, 0.05) is 28.8 Å². The summed E-state index contributed by atoms with van der Waals surface area (Å²) in [4.78, 5) is 4.75. The van der Waals surface area contributed by atoms with Crippen LogP contribution in [0.3, 0.4) is 0 Å². The Kier molecular flexibility index (Phi) is 6.18. The zero-order valence-electron chi connectivity index (χ0n) is 16.0. The number of halogens is 1. The fraction of sp³-hybridized carbons (Fsp3) is 0.190.